The van der Waals surface area contributed by atoms with Crippen LogP contribution in [0.5, 0.6) is 5.75 Å². The van der Waals surface area contributed by atoms with Crippen molar-refractivity contribution in [3.05, 3.63) is 53.8 Å². The first-order valence-corrected chi connectivity index (χ1v) is 5.04. The van der Waals surface area contributed by atoms with E-state index < -0.39 is 17.6 Å². The summed E-state index contributed by atoms with van der Waals surface area (Å²) in [5.74, 6) is -1.10. The van der Waals surface area contributed by atoms with Crippen LogP contribution >= 0.6 is 0 Å². The predicted molar refractivity (Wildman–Crippen MR) is 58.5 cm³/mol. The number of hydrogen-bond donors (Lipinski definition) is 1. The van der Waals surface area contributed by atoms with E-state index in [-0.39, 0.29) is 16.9 Å². The lowest BCUT2D eigenvalue weighted by Crippen LogP contribution is -2.07. The minimum absolute atomic E-state index is 0.275. The van der Waals surface area contributed by atoms with Crippen LogP contribution in [0.3, 0.4) is 0 Å². The molecule has 0 spiro atoms. The molecule has 1 N–H and O–H groups in total. The van der Waals surface area contributed by atoms with Crippen molar-refractivity contribution in [2.24, 2.45) is 0 Å². The van der Waals surface area contributed by atoms with E-state index >= 15 is 0 Å². The van der Waals surface area contributed by atoms with Gasteiger partial charge in [0.1, 0.15) is 11.6 Å². The topological polar surface area (TPSA) is 20.2 Å². The quantitative estimate of drug-likeness (QED) is 0.757. The Bertz CT molecular complexity index is 575. The van der Waals surface area contributed by atoms with Crippen LogP contribution in [0.15, 0.2) is 42.5 Å². The number of phenols is 1. The smallest absolute Gasteiger partial charge is 0.417 e. The SMILES string of the molecule is Oc1ccc(F)c(-c2ccccc2C(F)(F)F)c1. The number of rotatable bonds is 1. The third-order valence-electron chi connectivity index (χ3n) is 2.47. The molecule has 2 aromatic carbocycles. The lowest BCUT2D eigenvalue weighted by atomic mass is 9.98. The van der Waals surface area contributed by atoms with E-state index in [4.69, 9.17) is 0 Å². The van der Waals surface area contributed by atoms with Gasteiger partial charge in [-0.05, 0) is 29.8 Å². The number of benzene rings is 2. The monoisotopic (exact) mass is 256 g/mol. The molecule has 5 heteroatoms. The molecular weight excluding hydrogens is 248 g/mol. The van der Waals surface area contributed by atoms with E-state index in [1.807, 2.05) is 0 Å². The summed E-state index contributed by atoms with van der Waals surface area (Å²) in [7, 11) is 0. The van der Waals surface area contributed by atoms with Crippen LogP contribution in [0.1, 0.15) is 5.56 Å². The van der Waals surface area contributed by atoms with Gasteiger partial charge in [0.2, 0.25) is 0 Å². The molecule has 0 aliphatic rings. The van der Waals surface area contributed by atoms with Crippen LogP contribution in [0.25, 0.3) is 11.1 Å². The Labute approximate surface area is 100 Å². The fourth-order valence-corrected chi connectivity index (χ4v) is 1.68. The van der Waals surface area contributed by atoms with Crippen molar-refractivity contribution in [2.75, 3.05) is 0 Å². The molecule has 0 saturated carbocycles. The maximum absolute atomic E-state index is 13.5. The Morgan fingerprint density at radius 3 is 2.22 bits per heavy atom. The molecule has 0 unspecified atom stereocenters. The first-order valence-electron chi connectivity index (χ1n) is 5.04. The first kappa shape index (κ1) is 12.4. The van der Waals surface area contributed by atoms with Crippen LogP contribution in [0.2, 0.25) is 0 Å². The van der Waals surface area contributed by atoms with Gasteiger partial charge in [0.15, 0.2) is 0 Å². The van der Waals surface area contributed by atoms with E-state index in [1.54, 1.807) is 0 Å². The molecule has 2 aromatic rings. The highest BCUT2D eigenvalue weighted by Gasteiger charge is 2.33. The van der Waals surface area contributed by atoms with E-state index in [1.165, 1.54) is 18.2 Å². The largest absolute Gasteiger partial charge is 0.508 e. The van der Waals surface area contributed by atoms with Crippen molar-refractivity contribution < 1.29 is 22.7 Å². The lowest BCUT2D eigenvalue weighted by molar-refractivity contribution is -0.137. The number of alkyl halides is 3. The normalized spacial score (nSPS) is 11.6. The summed E-state index contributed by atoms with van der Waals surface area (Å²) in [4.78, 5) is 0. The summed E-state index contributed by atoms with van der Waals surface area (Å²) >= 11 is 0. The third kappa shape index (κ3) is 2.30. The highest BCUT2D eigenvalue weighted by Crippen LogP contribution is 2.38. The Kier molecular flexibility index (Phi) is 2.98. The molecule has 0 amide bonds. The summed E-state index contributed by atoms with van der Waals surface area (Å²) < 4.78 is 51.9. The minimum atomic E-state index is -4.57. The average molecular weight is 256 g/mol. The van der Waals surface area contributed by atoms with Gasteiger partial charge in [-0.25, -0.2) is 4.39 Å². The van der Waals surface area contributed by atoms with Crippen molar-refractivity contribution in [3.8, 4) is 16.9 Å². The molecule has 2 rings (SSSR count). The van der Waals surface area contributed by atoms with Crippen LogP contribution in [-0.4, -0.2) is 5.11 Å². The van der Waals surface area contributed by atoms with E-state index in [9.17, 15) is 22.7 Å². The van der Waals surface area contributed by atoms with Gasteiger partial charge in [-0.3, -0.25) is 0 Å². The van der Waals surface area contributed by atoms with Gasteiger partial charge in [0, 0.05) is 5.56 Å². The fraction of sp³-hybridized carbons (Fsp3) is 0.0769. The zero-order valence-electron chi connectivity index (χ0n) is 9.00. The second-order valence-electron chi connectivity index (χ2n) is 3.71. The summed E-state index contributed by atoms with van der Waals surface area (Å²) in [5, 5.41) is 9.24. The molecule has 18 heavy (non-hydrogen) atoms. The van der Waals surface area contributed by atoms with E-state index in [0.717, 1.165) is 24.3 Å². The predicted octanol–water partition coefficient (Wildman–Crippen LogP) is 4.22. The third-order valence-corrected chi connectivity index (χ3v) is 2.47. The number of halogens is 4. The Hall–Kier alpha value is -2.04. The summed E-state index contributed by atoms with van der Waals surface area (Å²) in [6, 6.07) is 7.63. The molecular formula is C13H8F4O. The fourth-order valence-electron chi connectivity index (χ4n) is 1.68. The van der Waals surface area contributed by atoms with Crippen LogP contribution < -0.4 is 0 Å². The molecule has 0 atom stereocenters. The van der Waals surface area contributed by atoms with Crippen molar-refractivity contribution in [3.63, 3.8) is 0 Å². The molecule has 0 radical (unpaired) electrons. The standard InChI is InChI=1S/C13H8F4O/c14-12-6-5-8(18)7-10(12)9-3-1-2-4-11(9)13(15,16)17/h1-7,18H. The molecule has 0 fully saturated rings. The second kappa shape index (κ2) is 4.33. The molecule has 0 saturated heterocycles. The molecule has 0 aliphatic carbocycles. The van der Waals surface area contributed by atoms with Crippen LogP contribution in [0.4, 0.5) is 17.6 Å². The van der Waals surface area contributed by atoms with E-state index in [0.29, 0.717) is 0 Å². The molecule has 0 aliphatic heterocycles. The van der Waals surface area contributed by atoms with Gasteiger partial charge in [0.25, 0.3) is 0 Å². The van der Waals surface area contributed by atoms with Crippen molar-refractivity contribution in [1.82, 2.24) is 0 Å². The highest BCUT2D eigenvalue weighted by molar-refractivity contribution is 5.69. The number of hydrogen-bond acceptors (Lipinski definition) is 1. The average Bonchev–Trinajstić information content (AvgIpc) is 2.31. The first-order chi connectivity index (χ1) is 8.39. The second-order valence-corrected chi connectivity index (χ2v) is 3.71. The zero-order valence-corrected chi connectivity index (χ0v) is 9.00. The molecule has 0 heterocycles. The van der Waals surface area contributed by atoms with Crippen molar-refractivity contribution in [1.29, 1.82) is 0 Å². The van der Waals surface area contributed by atoms with E-state index in [2.05, 4.69) is 0 Å². The van der Waals surface area contributed by atoms with Gasteiger partial charge in [-0.1, -0.05) is 18.2 Å². The van der Waals surface area contributed by atoms with Crippen LogP contribution in [-0.2, 0) is 6.18 Å². The number of phenolic OH excluding ortho intramolecular Hbond substituents is 1. The van der Waals surface area contributed by atoms with Gasteiger partial charge >= 0.3 is 6.18 Å². The zero-order chi connectivity index (χ0) is 13.3. The van der Waals surface area contributed by atoms with Crippen LogP contribution in [0, 0.1) is 5.82 Å². The maximum atomic E-state index is 13.5. The Morgan fingerprint density at radius 1 is 0.889 bits per heavy atom. The maximum Gasteiger partial charge on any atom is 0.417 e. The highest BCUT2D eigenvalue weighted by atomic mass is 19.4. The lowest BCUT2D eigenvalue weighted by Gasteiger charge is -2.13. The Morgan fingerprint density at radius 2 is 1.56 bits per heavy atom. The van der Waals surface area contributed by atoms with Gasteiger partial charge in [0.05, 0.1) is 5.56 Å². The van der Waals surface area contributed by atoms with Crippen molar-refractivity contribution >= 4 is 0 Å². The summed E-state index contributed by atoms with van der Waals surface area (Å²) in [6.07, 6.45) is -4.57. The summed E-state index contributed by atoms with van der Waals surface area (Å²) in [6.45, 7) is 0. The molecule has 94 valence electrons. The molecule has 0 bridgehead atoms. The van der Waals surface area contributed by atoms with Gasteiger partial charge in [-0.2, -0.15) is 13.2 Å². The molecule has 1 nitrogen and oxygen atoms in total. The Balaban J connectivity index is 2.68. The van der Waals surface area contributed by atoms with Gasteiger partial charge in [-0.15, -0.1) is 0 Å². The number of aromatic hydroxyl groups is 1. The van der Waals surface area contributed by atoms with Crippen molar-refractivity contribution in [2.45, 2.75) is 6.18 Å². The minimum Gasteiger partial charge on any atom is -0.508 e. The molecule has 0 aromatic heterocycles. The summed E-state index contributed by atoms with van der Waals surface area (Å²) in [5.41, 5.74) is -1.50. The van der Waals surface area contributed by atoms with Gasteiger partial charge < -0.3 is 5.11 Å².